The summed E-state index contributed by atoms with van der Waals surface area (Å²) in [4.78, 5) is 11.0. The molecule has 3 nitrogen and oxygen atoms in total. The summed E-state index contributed by atoms with van der Waals surface area (Å²) in [5, 5.41) is 12.4. The summed E-state index contributed by atoms with van der Waals surface area (Å²) >= 11 is 3.32. The van der Waals surface area contributed by atoms with Crippen LogP contribution < -0.4 is 5.32 Å². The first-order chi connectivity index (χ1) is 7.13. The number of carbonyl (C=O) groups is 1. The van der Waals surface area contributed by atoms with Crippen molar-refractivity contribution in [3.05, 3.63) is 34.3 Å². The summed E-state index contributed by atoms with van der Waals surface area (Å²) in [7, 11) is 0. The first kappa shape index (κ1) is 12.2. The molecule has 1 aromatic carbocycles. The molecule has 0 aliphatic heterocycles. The summed E-state index contributed by atoms with van der Waals surface area (Å²) in [6, 6.07) is 7.38. The smallest absolute Gasteiger partial charge is 0.219 e. The number of benzene rings is 1. The number of hydrogen-bond acceptors (Lipinski definition) is 2. The Kier molecular flexibility index (Phi) is 4.78. The molecule has 2 N–H and O–H groups in total. The summed E-state index contributed by atoms with van der Waals surface area (Å²) in [6.07, 6.45) is -0.207. The van der Waals surface area contributed by atoms with E-state index in [9.17, 15) is 9.90 Å². The van der Waals surface area contributed by atoms with Crippen molar-refractivity contribution in [2.24, 2.45) is 0 Å². The second kappa shape index (κ2) is 5.88. The van der Waals surface area contributed by atoms with Gasteiger partial charge in [-0.15, -0.1) is 0 Å². The number of aliphatic hydroxyl groups is 1. The minimum absolute atomic E-state index is 0.0499. The van der Waals surface area contributed by atoms with Crippen LogP contribution in [0.5, 0.6) is 0 Å². The van der Waals surface area contributed by atoms with Gasteiger partial charge in [-0.2, -0.15) is 0 Å². The quantitative estimate of drug-likeness (QED) is 0.880. The van der Waals surface area contributed by atoms with Gasteiger partial charge in [-0.25, -0.2) is 0 Å². The Hall–Kier alpha value is -0.870. The molecule has 0 spiro atoms. The Morgan fingerprint density at radius 3 is 2.60 bits per heavy atom. The molecule has 1 amide bonds. The van der Waals surface area contributed by atoms with E-state index in [2.05, 4.69) is 21.2 Å². The fourth-order valence-electron chi connectivity index (χ4n) is 1.14. The van der Waals surface area contributed by atoms with Gasteiger partial charge in [0.15, 0.2) is 0 Å². The third kappa shape index (κ3) is 4.01. The lowest BCUT2D eigenvalue weighted by Crippen LogP contribution is -2.27. The zero-order valence-electron chi connectivity index (χ0n) is 8.53. The van der Waals surface area contributed by atoms with Gasteiger partial charge in [0.25, 0.3) is 0 Å². The van der Waals surface area contributed by atoms with Crippen molar-refractivity contribution >= 4 is 21.8 Å². The molecule has 0 aliphatic carbocycles. The molecule has 1 aromatic rings. The highest BCUT2D eigenvalue weighted by molar-refractivity contribution is 9.10. The van der Waals surface area contributed by atoms with Crippen LogP contribution in [0.1, 0.15) is 25.0 Å². The van der Waals surface area contributed by atoms with Gasteiger partial charge in [0.2, 0.25) is 5.91 Å². The average molecular weight is 272 g/mol. The number of carbonyl (C=O) groups excluding carboxylic acids is 1. The molecular formula is C11H14BrNO2. The van der Waals surface area contributed by atoms with Gasteiger partial charge in [0.05, 0.1) is 6.10 Å². The lowest BCUT2D eigenvalue weighted by Gasteiger charge is -2.11. The van der Waals surface area contributed by atoms with Crippen LogP contribution in [0.15, 0.2) is 28.7 Å². The molecule has 15 heavy (non-hydrogen) atoms. The number of halogens is 1. The first-order valence-corrected chi connectivity index (χ1v) is 5.63. The van der Waals surface area contributed by atoms with Crippen molar-refractivity contribution in [3.8, 4) is 0 Å². The lowest BCUT2D eigenvalue weighted by molar-refractivity contribution is -0.121. The molecule has 0 aliphatic rings. The Labute approximate surface area is 97.6 Å². The molecule has 4 heteroatoms. The molecule has 1 rings (SSSR count). The highest BCUT2D eigenvalue weighted by Gasteiger charge is 2.07. The van der Waals surface area contributed by atoms with Gasteiger partial charge < -0.3 is 10.4 Å². The highest BCUT2D eigenvalue weighted by Crippen LogP contribution is 2.16. The second-order valence-corrected chi connectivity index (χ2v) is 4.14. The van der Waals surface area contributed by atoms with Crippen LogP contribution in [0.3, 0.4) is 0 Å². The third-order valence-electron chi connectivity index (χ3n) is 2.07. The molecule has 0 bridgehead atoms. The third-order valence-corrected chi connectivity index (χ3v) is 2.60. The number of hydrogen-bond donors (Lipinski definition) is 2. The molecule has 82 valence electrons. The maximum Gasteiger partial charge on any atom is 0.219 e. The summed E-state index contributed by atoms with van der Waals surface area (Å²) < 4.78 is 0.969. The van der Waals surface area contributed by atoms with Crippen LogP contribution in [-0.2, 0) is 4.79 Å². The number of aliphatic hydroxyl groups excluding tert-OH is 1. The van der Waals surface area contributed by atoms with E-state index in [-0.39, 0.29) is 12.5 Å². The van der Waals surface area contributed by atoms with E-state index in [4.69, 9.17) is 0 Å². The summed E-state index contributed by atoms with van der Waals surface area (Å²) in [5.41, 5.74) is 0.801. The lowest BCUT2D eigenvalue weighted by atomic mass is 10.1. The molecule has 0 aromatic heterocycles. The fourth-order valence-corrected chi connectivity index (χ4v) is 1.40. The summed E-state index contributed by atoms with van der Waals surface area (Å²) in [6.45, 7) is 2.04. The first-order valence-electron chi connectivity index (χ1n) is 4.83. The average Bonchev–Trinajstić information content (AvgIpc) is 2.26. The Morgan fingerprint density at radius 1 is 1.47 bits per heavy atom. The van der Waals surface area contributed by atoms with Gasteiger partial charge in [0.1, 0.15) is 0 Å². The normalized spacial score (nSPS) is 12.2. The predicted octanol–water partition coefficient (Wildman–Crippen LogP) is 2.01. The SMILES string of the molecule is CCC(=O)NCC(O)c1ccc(Br)cc1. The van der Waals surface area contributed by atoms with Crippen molar-refractivity contribution in [3.63, 3.8) is 0 Å². The number of amides is 1. The standard InChI is InChI=1S/C11H14BrNO2/c1-2-11(15)13-7-10(14)8-3-5-9(12)6-4-8/h3-6,10,14H,2,7H2,1H3,(H,13,15). The van der Waals surface area contributed by atoms with Crippen molar-refractivity contribution in [2.45, 2.75) is 19.4 Å². The Bertz CT molecular complexity index is 324. The van der Waals surface area contributed by atoms with Crippen LogP contribution in [-0.4, -0.2) is 17.6 Å². The monoisotopic (exact) mass is 271 g/mol. The topological polar surface area (TPSA) is 49.3 Å². The maximum absolute atomic E-state index is 11.0. The van der Waals surface area contributed by atoms with Crippen molar-refractivity contribution < 1.29 is 9.90 Å². The minimum atomic E-state index is -0.645. The molecule has 0 saturated heterocycles. The van der Waals surface area contributed by atoms with E-state index in [1.165, 1.54) is 0 Å². The maximum atomic E-state index is 11.0. The Morgan fingerprint density at radius 2 is 2.07 bits per heavy atom. The van der Waals surface area contributed by atoms with Gasteiger partial charge in [-0.3, -0.25) is 4.79 Å². The van der Waals surface area contributed by atoms with Crippen LogP contribution in [0, 0.1) is 0 Å². The van der Waals surface area contributed by atoms with E-state index in [0.717, 1.165) is 10.0 Å². The fraction of sp³-hybridized carbons (Fsp3) is 0.364. The van der Waals surface area contributed by atoms with E-state index in [0.29, 0.717) is 6.42 Å². The minimum Gasteiger partial charge on any atom is -0.387 e. The van der Waals surface area contributed by atoms with Crippen LogP contribution in [0.25, 0.3) is 0 Å². The van der Waals surface area contributed by atoms with E-state index < -0.39 is 6.10 Å². The van der Waals surface area contributed by atoms with E-state index in [1.54, 1.807) is 6.92 Å². The zero-order chi connectivity index (χ0) is 11.3. The van der Waals surface area contributed by atoms with Crippen LogP contribution in [0.4, 0.5) is 0 Å². The number of rotatable bonds is 4. The van der Waals surface area contributed by atoms with Gasteiger partial charge in [-0.05, 0) is 17.7 Å². The second-order valence-electron chi connectivity index (χ2n) is 3.22. The summed E-state index contributed by atoms with van der Waals surface area (Å²) in [5.74, 6) is -0.0499. The van der Waals surface area contributed by atoms with Crippen LogP contribution in [0.2, 0.25) is 0 Å². The Balaban J connectivity index is 2.50. The molecule has 0 fully saturated rings. The van der Waals surface area contributed by atoms with Gasteiger partial charge in [-0.1, -0.05) is 35.0 Å². The molecule has 0 saturated carbocycles. The molecule has 0 heterocycles. The largest absolute Gasteiger partial charge is 0.387 e. The van der Waals surface area contributed by atoms with Gasteiger partial charge >= 0.3 is 0 Å². The highest BCUT2D eigenvalue weighted by atomic mass is 79.9. The molecular weight excluding hydrogens is 258 g/mol. The van der Waals surface area contributed by atoms with Gasteiger partial charge in [0, 0.05) is 17.4 Å². The van der Waals surface area contributed by atoms with Crippen molar-refractivity contribution in [1.82, 2.24) is 5.32 Å². The van der Waals surface area contributed by atoms with E-state index >= 15 is 0 Å². The van der Waals surface area contributed by atoms with E-state index in [1.807, 2.05) is 24.3 Å². The van der Waals surface area contributed by atoms with Crippen LogP contribution >= 0.6 is 15.9 Å². The predicted molar refractivity (Wildman–Crippen MR) is 62.4 cm³/mol. The molecule has 0 radical (unpaired) electrons. The van der Waals surface area contributed by atoms with Crippen molar-refractivity contribution in [1.29, 1.82) is 0 Å². The number of nitrogens with one attached hydrogen (secondary N) is 1. The molecule has 1 unspecified atom stereocenters. The zero-order valence-corrected chi connectivity index (χ0v) is 10.1. The van der Waals surface area contributed by atoms with Crippen molar-refractivity contribution in [2.75, 3.05) is 6.54 Å². The molecule has 1 atom stereocenters.